The van der Waals surface area contributed by atoms with Gasteiger partial charge in [0, 0.05) is 36.6 Å². The lowest BCUT2D eigenvalue weighted by molar-refractivity contribution is -0.0955. The normalized spacial score (nSPS) is 29.7. The molecule has 24 heavy (non-hydrogen) atoms. The number of hydrogen-bond donors (Lipinski definition) is 1. The molecule has 0 amide bonds. The second-order valence-corrected chi connectivity index (χ2v) is 8.48. The molecule has 7 heteroatoms. The minimum atomic E-state index is -0.262. The molecule has 3 atom stereocenters. The number of rotatable bonds is 2. The topological polar surface area (TPSA) is 48.3 Å². The molecule has 1 unspecified atom stereocenters. The van der Waals surface area contributed by atoms with Crippen LogP contribution in [0.1, 0.15) is 41.8 Å². The van der Waals surface area contributed by atoms with Crippen LogP contribution in [-0.2, 0) is 23.8 Å². The number of aryl methyl sites for hydroxylation is 1. The summed E-state index contributed by atoms with van der Waals surface area (Å²) in [6, 6.07) is 2.59. The highest BCUT2D eigenvalue weighted by Gasteiger charge is 2.46. The predicted octanol–water partition coefficient (Wildman–Crippen LogP) is 3.42. The number of halogens is 1. The third kappa shape index (κ3) is 2.65. The van der Waals surface area contributed by atoms with Crippen LogP contribution in [0.25, 0.3) is 0 Å². The Balaban J connectivity index is 1.74. The molecular formula is C17H22ClN3O2S. The van der Waals surface area contributed by atoms with Crippen molar-refractivity contribution in [1.82, 2.24) is 15.1 Å². The highest BCUT2D eigenvalue weighted by molar-refractivity contribution is 7.16. The van der Waals surface area contributed by atoms with Gasteiger partial charge < -0.3 is 14.8 Å². The predicted molar refractivity (Wildman–Crippen MR) is 95.0 cm³/mol. The minimum Gasteiger partial charge on any atom is -0.480 e. The molecule has 0 radical (unpaired) electrons. The first-order valence-electron chi connectivity index (χ1n) is 8.27. The van der Waals surface area contributed by atoms with Crippen LogP contribution < -0.4 is 10.1 Å². The van der Waals surface area contributed by atoms with Gasteiger partial charge in [-0.05, 0) is 31.4 Å². The summed E-state index contributed by atoms with van der Waals surface area (Å²) in [5.74, 6) is 0.680. The Bertz CT molecular complexity index is 759. The van der Waals surface area contributed by atoms with Crippen molar-refractivity contribution in [3.05, 3.63) is 32.6 Å². The molecule has 4 rings (SSSR count). The molecule has 1 saturated heterocycles. The van der Waals surface area contributed by atoms with Crippen LogP contribution in [0.3, 0.4) is 0 Å². The van der Waals surface area contributed by atoms with Crippen molar-refractivity contribution >= 4 is 22.9 Å². The zero-order valence-electron chi connectivity index (χ0n) is 14.1. The van der Waals surface area contributed by atoms with Gasteiger partial charge in [0.2, 0.25) is 5.88 Å². The molecule has 0 saturated carbocycles. The first-order valence-corrected chi connectivity index (χ1v) is 9.46. The minimum absolute atomic E-state index is 0.143. The molecule has 130 valence electrons. The fraction of sp³-hybridized carbons (Fsp3) is 0.588. The summed E-state index contributed by atoms with van der Waals surface area (Å²) in [6.45, 7) is 2.97. The molecule has 0 aromatic carbocycles. The number of fused-ring (bicyclic) bond motifs is 2. The largest absolute Gasteiger partial charge is 0.480 e. The van der Waals surface area contributed by atoms with Crippen molar-refractivity contribution < 1.29 is 9.47 Å². The van der Waals surface area contributed by atoms with Crippen LogP contribution in [0.2, 0.25) is 4.34 Å². The number of methoxy groups -OCH3 is 1. The van der Waals surface area contributed by atoms with E-state index in [4.69, 9.17) is 21.1 Å². The van der Waals surface area contributed by atoms with Gasteiger partial charge in [-0.3, -0.25) is 4.68 Å². The number of ether oxygens (including phenoxy) is 2. The highest BCUT2D eigenvalue weighted by atomic mass is 35.5. The Labute approximate surface area is 150 Å². The molecule has 2 aliphatic rings. The summed E-state index contributed by atoms with van der Waals surface area (Å²) in [7, 11) is 3.59. The van der Waals surface area contributed by atoms with Crippen molar-refractivity contribution in [2.75, 3.05) is 13.7 Å². The summed E-state index contributed by atoms with van der Waals surface area (Å²) in [6.07, 6.45) is 4.80. The lowest BCUT2D eigenvalue weighted by Gasteiger charge is -2.46. The van der Waals surface area contributed by atoms with Gasteiger partial charge in [-0.25, -0.2) is 0 Å². The Hall–Kier alpha value is -1.08. The molecule has 1 fully saturated rings. The lowest BCUT2D eigenvalue weighted by Crippen LogP contribution is -2.49. The van der Waals surface area contributed by atoms with E-state index in [9.17, 15) is 0 Å². The van der Waals surface area contributed by atoms with Crippen molar-refractivity contribution in [3.63, 3.8) is 0 Å². The number of aromatic nitrogens is 2. The molecule has 1 N–H and O–H groups in total. The summed E-state index contributed by atoms with van der Waals surface area (Å²) in [5, 5.41) is 8.09. The maximum atomic E-state index is 6.39. The fourth-order valence-corrected chi connectivity index (χ4v) is 5.61. The first-order chi connectivity index (χ1) is 11.5. The number of hydrogen-bond acceptors (Lipinski definition) is 5. The lowest BCUT2D eigenvalue weighted by atomic mass is 9.78. The van der Waals surface area contributed by atoms with Gasteiger partial charge in [0.05, 0.1) is 23.6 Å². The molecule has 2 aliphatic heterocycles. The van der Waals surface area contributed by atoms with Crippen LogP contribution >= 0.6 is 22.9 Å². The zero-order valence-corrected chi connectivity index (χ0v) is 15.7. The zero-order chi connectivity index (χ0) is 16.9. The highest BCUT2D eigenvalue weighted by Crippen LogP contribution is 2.50. The van der Waals surface area contributed by atoms with Crippen LogP contribution in [0.5, 0.6) is 5.88 Å². The number of piperidine rings is 1. The molecule has 4 heterocycles. The van der Waals surface area contributed by atoms with E-state index >= 15 is 0 Å². The van der Waals surface area contributed by atoms with Gasteiger partial charge in [0.15, 0.2) is 0 Å². The Kier molecular flexibility index (Phi) is 4.11. The molecule has 5 nitrogen and oxygen atoms in total. The summed E-state index contributed by atoms with van der Waals surface area (Å²) in [4.78, 5) is 1.31. The summed E-state index contributed by atoms with van der Waals surface area (Å²) in [5.41, 5.74) is 2.17. The monoisotopic (exact) mass is 367 g/mol. The maximum absolute atomic E-state index is 6.39. The van der Waals surface area contributed by atoms with Gasteiger partial charge >= 0.3 is 0 Å². The van der Waals surface area contributed by atoms with Gasteiger partial charge in [-0.2, -0.15) is 0 Å². The SMILES string of the molecule is COc1nn(C)cc1[C@@H]1CC2(C[C@H](C)N1)OCCc1cc(Cl)sc12. The van der Waals surface area contributed by atoms with E-state index in [0.717, 1.165) is 35.8 Å². The average molecular weight is 368 g/mol. The van der Waals surface area contributed by atoms with Gasteiger partial charge in [0.25, 0.3) is 0 Å². The van der Waals surface area contributed by atoms with Crippen molar-refractivity contribution in [2.24, 2.45) is 7.05 Å². The molecule has 0 bridgehead atoms. The molecule has 0 aliphatic carbocycles. The van der Waals surface area contributed by atoms with E-state index < -0.39 is 0 Å². The fourth-order valence-electron chi connectivity index (χ4n) is 4.14. The van der Waals surface area contributed by atoms with E-state index in [1.165, 1.54) is 10.4 Å². The summed E-state index contributed by atoms with van der Waals surface area (Å²) >= 11 is 7.98. The van der Waals surface area contributed by atoms with E-state index in [1.54, 1.807) is 23.1 Å². The molecule has 2 aromatic rings. The van der Waals surface area contributed by atoms with Gasteiger partial charge in [-0.1, -0.05) is 11.6 Å². The van der Waals surface area contributed by atoms with E-state index in [0.29, 0.717) is 11.9 Å². The van der Waals surface area contributed by atoms with E-state index in [-0.39, 0.29) is 11.6 Å². The number of nitrogens with zero attached hydrogens (tertiary/aromatic N) is 2. The first kappa shape index (κ1) is 16.4. The van der Waals surface area contributed by atoms with Crippen LogP contribution in [-0.4, -0.2) is 29.5 Å². The van der Waals surface area contributed by atoms with Crippen LogP contribution in [0.4, 0.5) is 0 Å². The van der Waals surface area contributed by atoms with Gasteiger partial charge in [-0.15, -0.1) is 16.4 Å². The van der Waals surface area contributed by atoms with Crippen molar-refractivity contribution in [1.29, 1.82) is 0 Å². The standard InChI is InChI=1S/C17H22ClN3O2S/c1-10-7-17(15-11(4-5-23-17)6-14(18)24-15)8-13(19-10)12-9-21(2)20-16(12)22-3/h6,9-10,13,19H,4-5,7-8H2,1-3H3/t10-,13-,17?/m0/s1. The van der Waals surface area contributed by atoms with Crippen molar-refractivity contribution in [3.8, 4) is 5.88 Å². The molecule has 1 spiro atoms. The number of nitrogens with one attached hydrogen (secondary N) is 1. The smallest absolute Gasteiger partial charge is 0.237 e. The molecule has 2 aromatic heterocycles. The van der Waals surface area contributed by atoms with E-state index in [1.807, 2.05) is 13.2 Å². The Morgan fingerprint density at radius 2 is 2.33 bits per heavy atom. The summed E-state index contributed by atoms with van der Waals surface area (Å²) < 4.78 is 14.5. The van der Waals surface area contributed by atoms with Crippen molar-refractivity contribution in [2.45, 2.75) is 43.9 Å². The maximum Gasteiger partial charge on any atom is 0.237 e. The van der Waals surface area contributed by atoms with Crippen LogP contribution in [0.15, 0.2) is 12.3 Å². The third-order valence-corrected chi connectivity index (χ3v) is 6.48. The van der Waals surface area contributed by atoms with Gasteiger partial charge in [0.1, 0.15) is 5.60 Å². The second kappa shape index (κ2) is 6.02. The van der Waals surface area contributed by atoms with Crippen LogP contribution in [0, 0.1) is 0 Å². The Morgan fingerprint density at radius 3 is 3.12 bits per heavy atom. The number of thiophene rings is 1. The second-order valence-electron chi connectivity index (χ2n) is 6.79. The molecular weight excluding hydrogens is 346 g/mol. The average Bonchev–Trinajstić information content (AvgIpc) is 3.09. The van der Waals surface area contributed by atoms with E-state index in [2.05, 4.69) is 23.4 Å². The Morgan fingerprint density at radius 1 is 1.50 bits per heavy atom. The third-order valence-electron chi connectivity index (χ3n) is 4.99. The quantitative estimate of drug-likeness (QED) is 0.883.